The first kappa shape index (κ1) is 21.5. The number of halogens is 1. The number of para-hydroxylation sites is 1. The van der Waals surface area contributed by atoms with Gasteiger partial charge in [-0.25, -0.2) is 0 Å². The number of fused-ring (bicyclic) bond motifs is 4. The van der Waals surface area contributed by atoms with E-state index in [1.165, 1.54) is 14.2 Å². The van der Waals surface area contributed by atoms with Crippen molar-refractivity contribution in [2.45, 2.75) is 31.7 Å². The lowest BCUT2D eigenvalue weighted by atomic mass is 9.86. The maximum Gasteiger partial charge on any atom is 0.321 e. The van der Waals surface area contributed by atoms with E-state index in [1.807, 2.05) is 43.7 Å². The molecule has 7 nitrogen and oxygen atoms in total. The highest BCUT2D eigenvalue weighted by Crippen LogP contribution is 2.48. The molecule has 0 aliphatic carbocycles. The lowest BCUT2D eigenvalue weighted by Crippen LogP contribution is -2.52. The molecule has 2 heterocycles. The van der Waals surface area contributed by atoms with Crippen molar-refractivity contribution in [3.63, 3.8) is 0 Å². The molecular weight excluding hydrogens is 422 g/mol. The molecule has 8 heteroatoms. The first-order valence-corrected chi connectivity index (χ1v) is 10.4. The molecule has 2 atom stereocenters. The molecular formula is C23H24ClNO6. The number of esters is 1. The molecule has 0 amide bonds. The van der Waals surface area contributed by atoms with Crippen LogP contribution in [0.2, 0.25) is 0 Å². The standard InChI is InChI=1S/C23H24ClNO6/c1-23(2)22(30-16(26)11-24)21(29-5)18-15(31-23)10-14(28-4)17-19(18)25(3)13-9-7-6-8-12(13)20(17)27/h6-10,21-22H,11H2,1-5H3/t21-,22+/m0/s1. The predicted octanol–water partition coefficient (Wildman–Crippen LogP) is 3.71. The Morgan fingerprint density at radius 1 is 1.26 bits per heavy atom. The van der Waals surface area contributed by atoms with Gasteiger partial charge in [-0.2, -0.15) is 0 Å². The number of hydrogen-bond donors (Lipinski definition) is 0. The lowest BCUT2D eigenvalue weighted by Gasteiger charge is -2.43. The number of methoxy groups -OCH3 is 2. The smallest absolute Gasteiger partial charge is 0.321 e. The fourth-order valence-corrected chi connectivity index (χ4v) is 4.48. The number of nitrogens with zero attached hydrogens (tertiary/aromatic N) is 1. The topological polar surface area (TPSA) is 76.0 Å². The van der Waals surface area contributed by atoms with Crippen molar-refractivity contribution in [1.82, 2.24) is 4.57 Å². The quantitative estimate of drug-likeness (QED) is 0.346. The van der Waals surface area contributed by atoms with Crippen molar-refractivity contribution in [1.29, 1.82) is 0 Å². The summed E-state index contributed by atoms with van der Waals surface area (Å²) in [4.78, 5) is 25.5. The average Bonchev–Trinajstić information content (AvgIpc) is 2.76. The Hall–Kier alpha value is -2.77. The minimum Gasteiger partial charge on any atom is -0.496 e. The van der Waals surface area contributed by atoms with Gasteiger partial charge in [-0.05, 0) is 26.0 Å². The number of aryl methyl sites for hydroxylation is 1. The van der Waals surface area contributed by atoms with Crippen LogP contribution in [0.25, 0.3) is 21.8 Å². The maximum atomic E-state index is 13.5. The summed E-state index contributed by atoms with van der Waals surface area (Å²) in [5.41, 5.74) is 0.911. The highest BCUT2D eigenvalue weighted by Gasteiger charge is 2.48. The van der Waals surface area contributed by atoms with Gasteiger partial charge in [0.05, 0.1) is 29.1 Å². The van der Waals surface area contributed by atoms with E-state index in [2.05, 4.69) is 0 Å². The lowest BCUT2D eigenvalue weighted by molar-refractivity contribution is -0.178. The maximum absolute atomic E-state index is 13.5. The summed E-state index contributed by atoms with van der Waals surface area (Å²) >= 11 is 5.68. The van der Waals surface area contributed by atoms with Crippen LogP contribution in [-0.2, 0) is 21.3 Å². The Bertz CT molecular complexity index is 1250. The third-order valence-corrected chi connectivity index (χ3v) is 6.02. The molecule has 1 aliphatic rings. The summed E-state index contributed by atoms with van der Waals surface area (Å²) in [6.07, 6.45) is -1.47. The Labute approximate surface area is 184 Å². The molecule has 3 aromatic rings. The molecule has 0 saturated heterocycles. The van der Waals surface area contributed by atoms with Crippen molar-refractivity contribution < 1.29 is 23.7 Å². The van der Waals surface area contributed by atoms with Crippen LogP contribution in [0.15, 0.2) is 35.1 Å². The molecule has 0 N–H and O–H groups in total. The first-order valence-electron chi connectivity index (χ1n) is 9.84. The molecule has 0 unspecified atom stereocenters. The van der Waals surface area contributed by atoms with Gasteiger partial charge in [-0.3, -0.25) is 9.59 Å². The predicted molar refractivity (Wildman–Crippen MR) is 118 cm³/mol. The molecule has 1 aliphatic heterocycles. The van der Waals surface area contributed by atoms with Gasteiger partial charge in [0.15, 0.2) is 6.10 Å². The van der Waals surface area contributed by atoms with Gasteiger partial charge in [0.2, 0.25) is 5.43 Å². The van der Waals surface area contributed by atoms with Crippen molar-refractivity contribution >= 4 is 39.4 Å². The van der Waals surface area contributed by atoms with Gasteiger partial charge in [0.25, 0.3) is 0 Å². The Kier molecular flexibility index (Phi) is 5.35. The number of alkyl halides is 1. The van der Waals surface area contributed by atoms with Crippen molar-refractivity contribution in [2.75, 3.05) is 20.1 Å². The molecule has 0 radical (unpaired) electrons. The number of carbonyl (C=O) groups is 1. The second kappa shape index (κ2) is 7.73. The summed E-state index contributed by atoms with van der Waals surface area (Å²) in [5, 5.41) is 0.988. The fraction of sp³-hybridized carbons (Fsp3) is 0.391. The Balaban J connectivity index is 2.13. The molecule has 0 saturated carbocycles. The van der Waals surface area contributed by atoms with Crippen molar-refractivity contribution in [3.8, 4) is 11.5 Å². The third kappa shape index (κ3) is 3.23. The number of benzene rings is 2. The number of pyridine rings is 1. The van der Waals surface area contributed by atoms with E-state index in [-0.39, 0.29) is 11.3 Å². The minimum absolute atomic E-state index is 0.155. The van der Waals surface area contributed by atoms with E-state index in [1.54, 1.807) is 12.1 Å². The summed E-state index contributed by atoms with van der Waals surface area (Å²) in [6, 6.07) is 9.06. The monoisotopic (exact) mass is 445 g/mol. The Morgan fingerprint density at radius 3 is 2.61 bits per heavy atom. The zero-order chi connectivity index (χ0) is 22.5. The minimum atomic E-state index is -0.913. The van der Waals surface area contributed by atoms with Crippen LogP contribution in [-0.4, -0.2) is 42.3 Å². The normalized spacial score (nSPS) is 19.7. The van der Waals surface area contributed by atoms with Gasteiger partial charge in [-0.15, -0.1) is 11.6 Å². The Morgan fingerprint density at radius 2 is 1.97 bits per heavy atom. The van der Waals surface area contributed by atoms with Crippen LogP contribution in [0, 0.1) is 0 Å². The molecule has 0 bridgehead atoms. The van der Waals surface area contributed by atoms with Gasteiger partial charge < -0.3 is 23.5 Å². The summed E-state index contributed by atoms with van der Waals surface area (Å²) in [6.45, 7) is 3.62. The van der Waals surface area contributed by atoms with Crippen molar-refractivity contribution in [2.24, 2.45) is 7.05 Å². The van der Waals surface area contributed by atoms with Crippen molar-refractivity contribution in [3.05, 3.63) is 46.1 Å². The highest BCUT2D eigenvalue weighted by atomic mass is 35.5. The second-order valence-corrected chi connectivity index (χ2v) is 8.29. The largest absolute Gasteiger partial charge is 0.496 e. The zero-order valence-electron chi connectivity index (χ0n) is 18.0. The highest BCUT2D eigenvalue weighted by molar-refractivity contribution is 6.26. The van der Waals surface area contributed by atoms with Gasteiger partial charge >= 0.3 is 5.97 Å². The van der Waals surface area contributed by atoms with E-state index in [0.29, 0.717) is 33.4 Å². The summed E-state index contributed by atoms with van der Waals surface area (Å²) in [7, 11) is 4.92. The van der Waals surface area contributed by atoms with Gasteiger partial charge in [0, 0.05) is 25.6 Å². The number of rotatable bonds is 4. The van der Waals surface area contributed by atoms with Crippen LogP contribution >= 0.6 is 11.6 Å². The van der Waals surface area contributed by atoms with Gasteiger partial charge in [0.1, 0.15) is 29.1 Å². The summed E-state index contributed by atoms with van der Waals surface area (Å²) < 4.78 is 25.3. The molecule has 31 heavy (non-hydrogen) atoms. The first-order chi connectivity index (χ1) is 14.7. The molecule has 1 aromatic heterocycles. The molecule has 2 aromatic carbocycles. The molecule has 164 valence electrons. The van der Waals surface area contributed by atoms with Crippen LogP contribution < -0.4 is 14.9 Å². The molecule has 0 fully saturated rings. The van der Waals surface area contributed by atoms with Crippen LogP contribution in [0.1, 0.15) is 25.5 Å². The van der Waals surface area contributed by atoms with E-state index in [0.717, 1.165) is 5.52 Å². The second-order valence-electron chi connectivity index (χ2n) is 8.03. The molecule has 4 rings (SSSR count). The number of ether oxygens (including phenoxy) is 4. The van der Waals surface area contributed by atoms with Crippen LogP contribution in [0.5, 0.6) is 11.5 Å². The summed E-state index contributed by atoms with van der Waals surface area (Å²) in [5.74, 6) is 0.0418. The zero-order valence-corrected chi connectivity index (χ0v) is 18.8. The third-order valence-electron chi connectivity index (χ3n) is 5.80. The molecule has 0 spiro atoms. The fourth-order valence-electron chi connectivity index (χ4n) is 4.41. The van der Waals surface area contributed by atoms with Gasteiger partial charge in [-0.1, -0.05) is 12.1 Å². The van der Waals surface area contributed by atoms with Crippen LogP contribution in [0.4, 0.5) is 0 Å². The number of aromatic nitrogens is 1. The number of carbonyl (C=O) groups excluding carboxylic acids is 1. The number of hydrogen-bond acceptors (Lipinski definition) is 6. The van der Waals surface area contributed by atoms with E-state index in [9.17, 15) is 9.59 Å². The average molecular weight is 446 g/mol. The van der Waals surface area contributed by atoms with E-state index >= 15 is 0 Å². The SMILES string of the molecule is COc1cc2c(c3c1c(=O)c1ccccc1n3C)[C@H](OC)[C@@H](OC(=O)CCl)C(C)(C)O2. The van der Waals surface area contributed by atoms with Crippen LogP contribution in [0.3, 0.4) is 0 Å². The van der Waals surface area contributed by atoms with E-state index < -0.39 is 23.8 Å². The van der Waals surface area contributed by atoms with E-state index in [4.69, 9.17) is 30.5 Å².